The normalized spacial score (nSPS) is 13.8. The Labute approximate surface area is 337 Å². The second-order valence-electron chi connectivity index (χ2n) is 12.2. The summed E-state index contributed by atoms with van der Waals surface area (Å²) < 4.78 is 59.2. The zero-order valence-corrected chi connectivity index (χ0v) is 35.2. The Balaban J connectivity index is 0.000000810. The molecule has 2 fully saturated rings. The van der Waals surface area contributed by atoms with Gasteiger partial charge in [-0.2, -0.15) is 13.2 Å². The van der Waals surface area contributed by atoms with Crippen LogP contribution in [-0.2, 0) is 15.8 Å². The molecule has 0 unspecified atom stereocenters. The monoisotopic (exact) mass is 799 g/mol. The number of halogens is 3. The molecule has 316 valence electrons. The van der Waals surface area contributed by atoms with E-state index < -0.39 is 11.7 Å². The molecule has 0 atom stereocenters. The predicted molar refractivity (Wildman–Crippen MR) is 227 cm³/mol. The third kappa shape index (κ3) is 15.8. The van der Waals surface area contributed by atoms with Crippen LogP contribution < -0.4 is 35.5 Å². The number of methoxy groups -OCH3 is 2. The van der Waals surface area contributed by atoms with E-state index in [0.29, 0.717) is 64.9 Å². The highest BCUT2D eigenvalue weighted by molar-refractivity contribution is 5.88. The average Bonchev–Trinajstić information content (AvgIpc) is 3.26. The number of ether oxygens (including phenoxy) is 3. The van der Waals surface area contributed by atoms with Crippen molar-refractivity contribution in [3.05, 3.63) is 72.4 Å². The van der Waals surface area contributed by atoms with Crippen molar-refractivity contribution >= 4 is 40.7 Å². The number of nitrogens with two attached hydrogens (primary N) is 1. The van der Waals surface area contributed by atoms with Crippen molar-refractivity contribution in [2.24, 2.45) is 11.7 Å². The van der Waals surface area contributed by atoms with Gasteiger partial charge in [-0.1, -0.05) is 66.9 Å². The average molecular weight is 800 g/mol. The Bertz CT molecular complexity index is 1730. The molecule has 0 bridgehead atoms. The van der Waals surface area contributed by atoms with Crippen molar-refractivity contribution in [2.45, 2.75) is 98.7 Å². The molecule has 0 spiro atoms. The van der Waals surface area contributed by atoms with Gasteiger partial charge in [0.05, 0.1) is 25.3 Å². The maximum Gasteiger partial charge on any atom is 0.418 e. The molecule has 1 saturated carbocycles. The second-order valence-corrected chi connectivity index (χ2v) is 12.2. The van der Waals surface area contributed by atoms with Crippen LogP contribution in [0.5, 0.6) is 23.0 Å². The maximum absolute atomic E-state index is 14.1. The second kappa shape index (κ2) is 27.5. The minimum absolute atomic E-state index is 0.210. The number of anilines is 3. The molecule has 1 aromatic heterocycles. The van der Waals surface area contributed by atoms with Crippen LogP contribution in [-0.4, -0.2) is 58.1 Å². The van der Waals surface area contributed by atoms with Gasteiger partial charge in [-0.15, -0.1) is 0 Å². The van der Waals surface area contributed by atoms with Crippen molar-refractivity contribution < 1.29 is 37.0 Å². The molecule has 13 heteroatoms. The number of nitrogens with one attached hydrogen (secondary N) is 2. The Morgan fingerprint density at radius 2 is 1.39 bits per heavy atom. The lowest BCUT2D eigenvalue weighted by Gasteiger charge is -2.35. The van der Waals surface area contributed by atoms with Crippen LogP contribution in [0.4, 0.5) is 30.2 Å². The molecule has 1 saturated heterocycles. The SMILES string of the molecule is CC.CC.CC.CNC1CCN(c2ccc(Nc3cccc(Oc4ccnc5cc(OC)c(OC)cc45)c3)cc2C(F)(F)F)CC1.NC=O.O=CC1CCCCC1. The van der Waals surface area contributed by atoms with Crippen molar-refractivity contribution in [1.82, 2.24) is 10.3 Å². The smallest absolute Gasteiger partial charge is 0.418 e. The summed E-state index contributed by atoms with van der Waals surface area (Å²) in [5.41, 5.74) is 5.32. The van der Waals surface area contributed by atoms with Gasteiger partial charge in [0.2, 0.25) is 6.41 Å². The first-order chi connectivity index (χ1) is 27.6. The number of rotatable bonds is 9. The molecule has 1 amide bonds. The molecule has 2 heterocycles. The zero-order valence-electron chi connectivity index (χ0n) is 35.2. The third-order valence-electron chi connectivity index (χ3n) is 8.95. The predicted octanol–water partition coefficient (Wildman–Crippen LogP) is 10.9. The van der Waals surface area contributed by atoms with Crippen LogP contribution in [0.2, 0.25) is 0 Å². The van der Waals surface area contributed by atoms with E-state index in [9.17, 15) is 18.0 Å². The molecular formula is C44H64F3N5O5. The Morgan fingerprint density at radius 1 is 0.789 bits per heavy atom. The summed E-state index contributed by atoms with van der Waals surface area (Å²) in [5, 5.41) is 7.04. The number of amides is 1. The number of hydrogen-bond acceptors (Lipinski definition) is 9. The molecule has 4 aromatic rings. The minimum atomic E-state index is -4.48. The summed E-state index contributed by atoms with van der Waals surface area (Å²) in [7, 11) is 4.99. The number of benzene rings is 3. The third-order valence-corrected chi connectivity index (χ3v) is 8.95. The molecule has 1 aliphatic heterocycles. The highest BCUT2D eigenvalue weighted by Gasteiger charge is 2.36. The number of carbonyl (C=O) groups is 2. The van der Waals surface area contributed by atoms with E-state index in [1.807, 2.05) is 53.5 Å². The standard InChI is InChI=1S/C30H31F3N4O3.C7H12O.3C2H6.CH3NO/c1-34-19-10-13-37(14-11-19)26-8-7-21(16-24(26)30(31,32)33)36-20-5-4-6-22(15-20)40-27-9-12-35-25-18-29(39-3)28(38-2)17-23(25)27;8-6-7-4-2-1-3-5-7;3*1-2;2-1-3/h4-9,12,15-19,34,36H,10-11,13-14H2,1-3H3;6-7H,1-5H2;3*1-2H3;1H,(H2,2,3). The van der Waals surface area contributed by atoms with Gasteiger partial charge in [-0.25, -0.2) is 0 Å². The summed E-state index contributed by atoms with van der Waals surface area (Å²) in [6, 6.07) is 17.1. The van der Waals surface area contributed by atoms with Crippen molar-refractivity contribution in [1.29, 1.82) is 0 Å². The van der Waals surface area contributed by atoms with E-state index in [4.69, 9.17) is 19.0 Å². The lowest BCUT2D eigenvalue weighted by atomic mass is 9.91. The summed E-state index contributed by atoms with van der Waals surface area (Å²) in [6.07, 6.45) is 6.27. The van der Waals surface area contributed by atoms with Gasteiger partial charge >= 0.3 is 6.18 Å². The van der Waals surface area contributed by atoms with Crippen LogP contribution in [0.1, 0.15) is 92.1 Å². The van der Waals surface area contributed by atoms with Gasteiger partial charge < -0.3 is 40.3 Å². The molecule has 6 rings (SSSR count). The Hall–Kier alpha value is -5.04. The molecular weight excluding hydrogens is 736 g/mol. The fourth-order valence-corrected chi connectivity index (χ4v) is 6.26. The Morgan fingerprint density at radius 3 is 1.93 bits per heavy atom. The molecule has 0 radical (unpaired) electrons. The number of primary amides is 1. The van der Waals surface area contributed by atoms with Crippen LogP contribution >= 0.6 is 0 Å². The lowest BCUT2D eigenvalue weighted by molar-refractivity contribution is -0.137. The van der Waals surface area contributed by atoms with E-state index in [0.717, 1.165) is 37.4 Å². The fourth-order valence-electron chi connectivity index (χ4n) is 6.26. The van der Waals surface area contributed by atoms with Crippen LogP contribution in [0, 0.1) is 5.92 Å². The summed E-state index contributed by atoms with van der Waals surface area (Å²) in [5.74, 6) is 2.56. The first-order valence-corrected chi connectivity index (χ1v) is 19.9. The molecule has 10 nitrogen and oxygen atoms in total. The largest absolute Gasteiger partial charge is 0.493 e. The number of pyridine rings is 1. The van der Waals surface area contributed by atoms with Gasteiger partial charge in [0, 0.05) is 65.8 Å². The quantitative estimate of drug-likeness (QED) is 0.142. The Kier molecular flexibility index (Phi) is 24.1. The first kappa shape index (κ1) is 50.0. The number of nitrogens with zero attached hydrogens (tertiary/aromatic N) is 2. The van der Waals surface area contributed by atoms with Crippen LogP contribution in [0.25, 0.3) is 10.9 Å². The first-order valence-electron chi connectivity index (χ1n) is 19.9. The van der Waals surface area contributed by atoms with E-state index >= 15 is 0 Å². The number of fused-ring (bicyclic) bond motifs is 1. The molecule has 3 aromatic carbocycles. The van der Waals surface area contributed by atoms with E-state index in [1.165, 1.54) is 25.3 Å². The van der Waals surface area contributed by atoms with Gasteiger partial charge in [0.25, 0.3) is 0 Å². The topological polar surface area (TPSA) is 128 Å². The van der Waals surface area contributed by atoms with Crippen molar-refractivity contribution in [3.8, 4) is 23.0 Å². The molecule has 4 N–H and O–H groups in total. The fraction of sp³-hybridized carbons (Fsp3) is 0.477. The van der Waals surface area contributed by atoms with Crippen molar-refractivity contribution in [2.75, 3.05) is 44.6 Å². The van der Waals surface area contributed by atoms with Gasteiger partial charge in [0.1, 0.15) is 17.8 Å². The molecule has 2 aliphatic rings. The summed E-state index contributed by atoms with van der Waals surface area (Å²) >= 11 is 0. The minimum Gasteiger partial charge on any atom is -0.493 e. The highest BCUT2D eigenvalue weighted by atomic mass is 19.4. The lowest BCUT2D eigenvalue weighted by Crippen LogP contribution is -2.41. The van der Waals surface area contributed by atoms with E-state index in [1.54, 1.807) is 75.0 Å². The van der Waals surface area contributed by atoms with Gasteiger partial charge in [0.15, 0.2) is 11.5 Å². The van der Waals surface area contributed by atoms with E-state index in [-0.39, 0.29) is 12.1 Å². The van der Waals surface area contributed by atoms with Crippen LogP contribution in [0.3, 0.4) is 0 Å². The van der Waals surface area contributed by atoms with Crippen LogP contribution in [0.15, 0.2) is 66.9 Å². The number of piperidine rings is 1. The van der Waals surface area contributed by atoms with Gasteiger partial charge in [-0.3, -0.25) is 9.78 Å². The summed E-state index contributed by atoms with van der Waals surface area (Å²) in [4.78, 5) is 25.0. The highest BCUT2D eigenvalue weighted by Crippen LogP contribution is 2.41. The van der Waals surface area contributed by atoms with E-state index in [2.05, 4.69) is 21.4 Å². The summed E-state index contributed by atoms with van der Waals surface area (Å²) in [6.45, 7) is 13.1. The zero-order chi connectivity index (χ0) is 42.8. The number of hydrogen-bond donors (Lipinski definition) is 3. The molecule has 1 aliphatic carbocycles. The molecule has 57 heavy (non-hydrogen) atoms. The number of aromatic nitrogens is 1. The van der Waals surface area contributed by atoms with Gasteiger partial charge in [-0.05, 0) is 75.2 Å². The number of alkyl halides is 3. The van der Waals surface area contributed by atoms with Crippen molar-refractivity contribution in [3.63, 3.8) is 0 Å². The maximum atomic E-state index is 14.1. The number of carbonyl (C=O) groups excluding carboxylic acids is 2. The number of aldehydes is 1.